The van der Waals surface area contributed by atoms with Crippen molar-refractivity contribution in [2.45, 2.75) is 6.61 Å². The van der Waals surface area contributed by atoms with E-state index >= 15 is 0 Å². The molecular formula is C15H13N3O3. The van der Waals surface area contributed by atoms with Crippen molar-refractivity contribution in [1.82, 2.24) is 4.98 Å². The van der Waals surface area contributed by atoms with E-state index in [1.807, 2.05) is 6.07 Å². The largest absolute Gasteiger partial charge is 0.488 e. The Kier molecular flexibility index (Phi) is 4.36. The molecule has 0 atom stereocenters. The number of carbonyl (C=O) groups excluding carboxylic acids is 1. The van der Waals surface area contributed by atoms with Crippen molar-refractivity contribution in [2.75, 3.05) is 12.8 Å². The number of aromatic nitrogens is 1. The molecule has 2 rings (SSSR count). The number of nitrogens with two attached hydrogens (primary N) is 1. The molecular weight excluding hydrogens is 270 g/mol. The standard InChI is InChI=1S/C15H13N3O3/c1-20-15(19)12-7-11(17)4-5-14(12)21-9-10-3-2-6-18-13(10)8-16/h2-7H,9,17H2,1H3. The number of ether oxygens (including phenoxy) is 2. The smallest absolute Gasteiger partial charge is 0.341 e. The van der Waals surface area contributed by atoms with Gasteiger partial charge in [-0.15, -0.1) is 0 Å². The number of hydrogen-bond donors (Lipinski definition) is 1. The van der Waals surface area contributed by atoms with E-state index in [-0.39, 0.29) is 17.9 Å². The highest BCUT2D eigenvalue weighted by molar-refractivity contribution is 5.93. The van der Waals surface area contributed by atoms with E-state index in [9.17, 15) is 4.79 Å². The monoisotopic (exact) mass is 283 g/mol. The summed E-state index contributed by atoms with van der Waals surface area (Å²) < 4.78 is 10.3. The summed E-state index contributed by atoms with van der Waals surface area (Å²) in [6.07, 6.45) is 1.53. The van der Waals surface area contributed by atoms with Crippen LogP contribution in [0.15, 0.2) is 36.5 Å². The molecule has 1 aromatic carbocycles. The highest BCUT2D eigenvalue weighted by Crippen LogP contribution is 2.23. The number of carbonyl (C=O) groups is 1. The second-order valence-corrected chi connectivity index (χ2v) is 4.16. The van der Waals surface area contributed by atoms with Gasteiger partial charge in [-0.2, -0.15) is 5.26 Å². The fraction of sp³-hybridized carbons (Fsp3) is 0.133. The van der Waals surface area contributed by atoms with Gasteiger partial charge in [-0.3, -0.25) is 0 Å². The Labute approximate surface area is 121 Å². The van der Waals surface area contributed by atoms with Crippen molar-refractivity contribution in [1.29, 1.82) is 5.26 Å². The third-order valence-electron chi connectivity index (χ3n) is 2.79. The van der Waals surface area contributed by atoms with Crippen LogP contribution in [0.1, 0.15) is 21.6 Å². The second-order valence-electron chi connectivity index (χ2n) is 4.16. The maximum atomic E-state index is 11.7. The van der Waals surface area contributed by atoms with Gasteiger partial charge in [0.15, 0.2) is 0 Å². The van der Waals surface area contributed by atoms with Gasteiger partial charge in [-0.05, 0) is 24.3 Å². The molecule has 0 saturated carbocycles. The third-order valence-corrected chi connectivity index (χ3v) is 2.79. The number of nitrogen functional groups attached to an aromatic ring is 1. The van der Waals surface area contributed by atoms with Crippen LogP contribution in [-0.2, 0) is 11.3 Å². The minimum atomic E-state index is -0.538. The van der Waals surface area contributed by atoms with E-state index < -0.39 is 5.97 Å². The lowest BCUT2D eigenvalue weighted by Gasteiger charge is -2.11. The van der Waals surface area contributed by atoms with Gasteiger partial charge in [0.2, 0.25) is 0 Å². The summed E-state index contributed by atoms with van der Waals surface area (Å²) in [5.41, 5.74) is 7.24. The molecule has 106 valence electrons. The predicted octanol–water partition coefficient (Wildman–Crippen LogP) is 1.90. The molecule has 21 heavy (non-hydrogen) atoms. The normalized spacial score (nSPS) is 9.71. The number of hydrogen-bond acceptors (Lipinski definition) is 6. The summed E-state index contributed by atoms with van der Waals surface area (Å²) in [4.78, 5) is 15.6. The number of nitrogens with zero attached hydrogens (tertiary/aromatic N) is 2. The Balaban J connectivity index is 2.24. The molecule has 1 heterocycles. The fourth-order valence-corrected chi connectivity index (χ4v) is 1.75. The average molecular weight is 283 g/mol. The molecule has 6 nitrogen and oxygen atoms in total. The second kappa shape index (κ2) is 6.39. The van der Waals surface area contributed by atoms with Crippen molar-refractivity contribution < 1.29 is 14.3 Å². The van der Waals surface area contributed by atoms with Crippen molar-refractivity contribution in [2.24, 2.45) is 0 Å². The molecule has 0 aliphatic carbocycles. The Bertz CT molecular complexity index is 708. The summed E-state index contributed by atoms with van der Waals surface area (Å²) in [6, 6.07) is 10.1. The lowest BCUT2D eigenvalue weighted by molar-refractivity contribution is 0.0595. The Morgan fingerprint density at radius 1 is 1.43 bits per heavy atom. The van der Waals surface area contributed by atoms with Crippen LogP contribution in [0.5, 0.6) is 5.75 Å². The molecule has 0 unspecified atom stereocenters. The molecule has 0 fully saturated rings. The predicted molar refractivity (Wildman–Crippen MR) is 75.5 cm³/mol. The molecule has 0 saturated heterocycles. The number of nitriles is 1. The number of benzene rings is 1. The van der Waals surface area contributed by atoms with Gasteiger partial charge in [-0.25, -0.2) is 9.78 Å². The van der Waals surface area contributed by atoms with Crippen LogP contribution in [-0.4, -0.2) is 18.1 Å². The number of esters is 1. The van der Waals surface area contributed by atoms with Gasteiger partial charge in [0, 0.05) is 17.4 Å². The van der Waals surface area contributed by atoms with E-state index in [0.717, 1.165) is 0 Å². The first kappa shape index (κ1) is 14.3. The molecule has 0 aliphatic heterocycles. The molecule has 1 aromatic heterocycles. The van der Waals surface area contributed by atoms with Gasteiger partial charge in [0.05, 0.1) is 7.11 Å². The Morgan fingerprint density at radius 3 is 2.95 bits per heavy atom. The Morgan fingerprint density at radius 2 is 2.24 bits per heavy atom. The summed E-state index contributed by atoms with van der Waals surface area (Å²) in [5.74, 6) is -0.201. The topological polar surface area (TPSA) is 98.2 Å². The van der Waals surface area contributed by atoms with Crippen LogP contribution in [0.3, 0.4) is 0 Å². The molecule has 2 aromatic rings. The van der Waals surface area contributed by atoms with Crippen molar-refractivity contribution in [3.8, 4) is 11.8 Å². The van der Waals surface area contributed by atoms with Crippen LogP contribution >= 0.6 is 0 Å². The maximum Gasteiger partial charge on any atom is 0.341 e. The highest BCUT2D eigenvalue weighted by atomic mass is 16.5. The minimum Gasteiger partial charge on any atom is -0.488 e. The van der Waals surface area contributed by atoms with E-state index in [1.54, 1.807) is 24.3 Å². The number of anilines is 1. The molecule has 0 aliphatic rings. The van der Waals surface area contributed by atoms with E-state index in [2.05, 4.69) is 9.72 Å². The quantitative estimate of drug-likeness (QED) is 0.679. The van der Waals surface area contributed by atoms with Crippen molar-refractivity contribution in [3.63, 3.8) is 0 Å². The van der Waals surface area contributed by atoms with Gasteiger partial charge in [-0.1, -0.05) is 6.07 Å². The first-order chi connectivity index (χ1) is 10.2. The van der Waals surface area contributed by atoms with E-state index in [1.165, 1.54) is 19.4 Å². The zero-order valence-corrected chi connectivity index (χ0v) is 11.4. The van der Waals surface area contributed by atoms with Crippen LogP contribution < -0.4 is 10.5 Å². The number of methoxy groups -OCH3 is 1. The van der Waals surface area contributed by atoms with Crippen LogP contribution in [0.2, 0.25) is 0 Å². The van der Waals surface area contributed by atoms with Gasteiger partial charge < -0.3 is 15.2 Å². The minimum absolute atomic E-state index is 0.116. The molecule has 0 bridgehead atoms. The zero-order valence-electron chi connectivity index (χ0n) is 11.4. The molecule has 6 heteroatoms. The van der Waals surface area contributed by atoms with E-state index in [0.29, 0.717) is 17.0 Å². The highest BCUT2D eigenvalue weighted by Gasteiger charge is 2.14. The molecule has 0 amide bonds. The van der Waals surface area contributed by atoms with Crippen molar-refractivity contribution >= 4 is 11.7 Å². The van der Waals surface area contributed by atoms with Gasteiger partial charge in [0.1, 0.15) is 29.7 Å². The van der Waals surface area contributed by atoms with Gasteiger partial charge in [0.25, 0.3) is 0 Å². The third kappa shape index (κ3) is 3.28. The van der Waals surface area contributed by atoms with Crippen LogP contribution in [0.25, 0.3) is 0 Å². The lowest BCUT2D eigenvalue weighted by Crippen LogP contribution is -2.07. The first-order valence-corrected chi connectivity index (χ1v) is 6.10. The summed E-state index contributed by atoms with van der Waals surface area (Å²) in [5, 5.41) is 8.97. The maximum absolute atomic E-state index is 11.7. The summed E-state index contributed by atoms with van der Waals surface area (Å²) in [6.45, 7) is 0.116. The SMILES string of the molecule is COC(=O)c1cc(N)ccc1OCc1cccnc1C#N. The lowest BCUT2D eigenvalue weighted by atomic mass is 10.1. The fourth-order valence-electron chi connectivity index (χ4n) is 1.75. The average Bonchev–Trinajstić information content (AvgIpc) is 2.53. The first-order valence-electron chi connectivity index (χ1n) is 6.10. The summed E-state index contributed by atoms with van der Waals surface area (Å²) in [7, 11) is 1.28. The Hall–Kier alpha value is -3.07. The molecule has 0 spiro atoms. The molecule has 0 radical (unpaired) electrons. The van der Waals surface area contributed by atoms with Gasteiger partial charge >= 0.3 is 5.97 Å². The van der Waals surface area contributed by atoms with Crippen molar-refractivity contribution in [3.05, 3.63) is 53.3 Å². The number of rotatable bonds is 4. The van der Waals surface area contributed by atoms with Crippen LogP contribution in [0, 0.1) is 11.3 Å². The number of pyridine rings is 1. The molecule has 2 N–H and O–H groups in total. The zero-order chi connectivity index (χ0) is 15.2. The van der Waals surface area contributed by atoms with Crippen LogP contribution in [0.4, 0.5) is 5.69 Å². The van der Waals surface area contributed by atoms with E-state index in [4.69, 9.17) is 15.7 Å². The summed E-state index contributed by atoms with van der Waals surface area (Å²) >= 11 is 0.